The Labute approximate surface area is 111 Å². The monoisotopic (exact) mass is 267 g/mol. The number of carboxylic acid groups (broad SMARTS) is 1. The minimum atomic E-state index is -1.14. The van der Waals surface area contributed by atoms with Crippen molar-refractivity contribution in [3.8, 4) is 0 Å². The second kappa shape index (κ2) is 7.38. The van der Waals surface area contributed by atoms with Crippen LogP contribution in [-0.2, 0) is 16.1 Å². The van der Waals surface area contributed by atoms with Crippen LogP contribution in [0.4, 0.5) is 0 Å². The van der Waals surface area contributed by atoms with Gasteiger partial charge in [-0.1, -0.05) is 6.08 Å². The van der Waals surface area contributed by atoms with E-state index in [1.807, 2.05) is 0 Å². The molecule has 1 amide bonds. The van der Waals surface area contributed by atoms with Gasteiger partial charge in [-0.25, -0.2) is 4.79 Å². The third-order valence-electron chi connectivity index (χ3n) is 2.37. The molecule has 0 bridgehead atoms. The first-order valence-electron chi connectivity index (χ1n) is 5.86. The lowest BCUT2D eigenvalue weighted by atomic mass is 10.3. The van der Waals surface area contributed by atoms with Gasteiger partial charge in [-0.05, 0) is 25.5 Å². The number of carbonyl (C=O) groups is 2. The fourth-order valence-electron chi connectivity index (χ4n) is 1.31. The van der Waals surface area contributed by atoms with Gasteiger partial charge in [0.25, 0.3) is 0 Å². The van der Waals surface area contributed by atoms with E-state index in [9.17, 15) is 9.59 Å². The fourth-order valence-corrected chi connectivity index (χ4v) is 1.31. The Balaban J connectivity index is 2.36. The van der Waals surface area contributed by atoms with Crippen LogP contribution in [0.25, 0.3) is 0 Å². The minimum absolute atomic E-state index is 0.126. The predicted octanol–water partition coefficient (Wildman–Crippen LogP) is 1.58. The first kappa shape index (κ1) is 15.0. The zero-order valence-corrected chi connectivity index (χ0v) is 10.7. The number of hydrogen-bond acceptors (Lipinski definition) is 4. The molecule has 0 saturated heterocycles. The van der Waals surface area contributed by atoms with Gasteiger partial charge in [0, 0.05) is 0 Å². The van der Waals surface area contributed by atoms with Crippen LogP contribution in [0.5, 0.6) is 0 Å². The van der Waals surface area contributed by atoms with Crippen molar-refractivity contribution in [3.05, 3.63) is 36.3 Å². The summed E-state index contributed by atoms with van der Waals surface area (Å²) in [5.41, 5.74) is 0. The summed E-state index contributed by atoms with van der Waals surface area (Å²) in [6, 6.07) is 2.85. The highest BCUT2D eigenvalue weighted by molar-refractivity contribution is 5.84. The topological polar surface area (TPSA) is 88.8 Å². The average Bonchev–Trinajstić information content (AvgIpc) is 2.85. The highest BCUT2D eigenvalue weighted by atomic mass is 16.5. The molecule has 1 heterocycles. The van der Waals surface area contributed by atoms with Gasteiger partial charge < -0.3 is 19.6 Å². The second-order valence-corrected chi connectivity index (χ2v) is 3.88. The predicted molar refractivity (Wildman–Crippen MR) is 67.7 cm³/mol. The Morgan fingerprint density at radius 1 is 1.58 bits per heavy atom. The summed E-state index contributed by atoms with van der Waals surface area (Å²) >= 11 is 0. The highest BCUT2D eigenvalue weighted by Crippen LogP contribution is 2.07. The molecule has 1 unspecified atom stereocenters. The molecule has 0 fully saturated rings. The summed E-state index contributed by atoms with van der Waals surface area (Å²) in [7, 11) is 0. The zero-order chi connectivity index (χ0) is 14.3. The van der Waals surface area contributed by atoms with E-state index in [2.05, 4.69) is 11.9 Å². The van der Waals surface area contributed by atoms with Crippen LogP contribution in [0.1, 0.15) is 29.7 Å². The van der Waals surface area contributed by atoms with Crippen LogP contribution in [-0.4, -0.2) is 29.7 Å². The van der Waals surface area contributed by atoms with Gasteiger partial charge >= 0.3 is 5.97 Å². The van der Waals surface area contributed by atoms with E-state index in [0.29, 0.717) is 18.8 Å². The molecular weight excluding hydrogens is 250 g/mol. The summed E-state index contributed by atoms with van der Waals surface area (Å²) < 4.78 is 10.3. The molecule has 0 aliphatic carbocycles. The maximum absolute atomic E-state index is 11.6. The molecule has 1 atom stereocenters. The molecule has 6 nitrogen and oxygen atoms in total. The number of furan rings is 1. The zero-order valence-electron chi connectivity index (χ0n) is 10.7. The lowest BCUT2D eigenvalue weighted by molar-refractivity contribution is -0.131. The first-order valence-corrected chi connectivity index (χ1v) is 5.86. The fraction of sp³-hybridized carbons (Fsp3) is 0.385. The number of ether oxygens (including phenoxy) is 1. The van der Waals surface area contributed by atoms with Crippen molar-refractivity contribution in [1.82, 2.24) is 5.32 Å². The third kappa shape index (κ3) is 4.97. The van der Waals surface area contributed by atoms with Gasteiger partial charge in [0.2, 0.25) is 11.7 Å². The number of carbonyl (C=O) groups excluding carboxylic acids is 1. The molecule has 2 N–H and O–H groups in total. The number of amides is 1. The number of carboxylic acids is 1. The van der Waals surface area contributed by atoms with E-state index in [1.54, 1.807) is 13.0 Å². The molecular formula is C13H17NO5. The maximum atomic E-state index is 11.6. The van der Waals surface area contributed by atoms with Gasteiger partial charge in [-0.15, -0.1) is 6.58 Å². The van der Waals surface area contributed by atoms with Crippen LogP contribution < -0.4 is 5.32 Å². The maximum Gasteiger partial charge on any atom is 0.371 e. The van der Waals surface area contributed by atoms with Gasteiger partial charge in [0.15, 0.2) is 0 Å². The summed E-state index contributed by atoms with van der Waals surface area (Å²) in [4.78, 5) is 22.2. The lowest BCUT2D eigenvalue weighted by Gasteiger charge is -2.11. The van der Waals surface area contributed by atoms with E-state index in [-0.39, 0.29) is 18.2 Å². The van der Waals surface area contributed by atoms with E-state index in [0.717, 1.165) is 0 Å². The van der Waals surface area contributed by atoms with Crippen molar-refractivity contribution in [2.24, 2.45) is 0 Å². The largest absolute Gasteiger partial charge is 0.475 e. The molecule has 0 aliphatic heterocycles. The highest BCUT2D eigenvalue weighted by Gasteiger charge is 2.14. The summed E-state index contributed by atoms with van der Waals surface area (Å²) in [6.07, 6.45) is 1.81. The molecule has 0 aromatic carbocycles. The van der Waals surface area contributed by atoms with Gasteiger partial charge in [0.05, 0.1) is 13.2 Å². The Hall–Kier alpha value is -2.08. The van der Waals surface area contributed by atoms with E-state index < -0.39 is 12.1 Å². The Morgan fingerprint density at radius 3 is 2.89 bits per heavy atom. The van der Waals surface area contributed by atoms with Crippen LogP contribution in [0, 0.1) is 0 Å². The van der Waals surface area contributed by atoms with Crippen molar-refractivity contribution in [1.29, 1.82) is 0 Å². The summed E-state index contributed by atoms with van der Waals surface area (Å²) in [5.74, 6) is -1.19. The minimum Gasteiger partial charge on any atom is -0.475 e. The van der Waals surface area contributed by atoms with E-state index >= 15 is 0 Å². The van der Waals surface area contributed by atoms with Crippen molar-refractivity contribution < 1.29 is 23.8 Å². The van der Waals surface area contributed by atoms with E-state index in [1.165, 1.54) is 12.1 Å². The molecule has 0 aliphatic rings. The van der Waals surface area contributed by atoms with Crippen molar-refractivity contribution in [2.45, 2.75) is 26.0 Å². The number of rotatable bonds is 8. The van der Waals surface area contributed by atoms with Crippen molar-refractivity contribution >= 4 is 11.9 Å². The number of aromatic carboxylic acids is 1. The molecule has 0 spiro atoms. The van der Waals surface area contributed by atoms with Crippen LogP contribution >= 0.6 is 0 Å². The summed E-state index contributed by atoms with van der Waals surface area (Å²) in [6.45, 7) is 5.75. The van der Waals surface area contributed by atoms with Gasteiger partial charge in [0.1, 0.15) is 11.9 Å². The van der Waals surface area contributed by atoms with Crippen molar-refractivity contribution in [2.75, 3.05) is 6.61 Å². The molecule has 104 valence electrons. The molecule has 6 heteroatoms. The summed E-state index contributed by atoms with van der Waals surface area (Å²) in [5, 5.41) is 11.3. The Bertz CT molecular complexity index is 452. The normalized spacial score (nSPS) is 11.8. The lowest BCUT2D eigenvalue weighted by Crippen LogP contribution is -2.34. The molecule has 1 rings (SSSR count). The van der Waals surface area contributed by atoms with Crippen LogP contribution in [0.3, 0.4) is 0 Å². The number of nitrogens with one attached hydrogen (secondary N) is 1. The molecule has 19 heavy (non-hydrogen) atoms. The van der Waals surface area contributed by atoms with Crippen molar-refractivity contribution in [3.63, 3.8) is 0 Å². The van der Waals surface area contributed by atoms with Crippen LogP contribution in [0.2, 0.25) is 0 Å². The van der Waals surface area contributed by atoms with Crippen LogP contribution in [0.15, 0.2) is 29.2 Å². The Morgan fingerprint density at radius 2 is 2.32 bits per heavy atom. The molecule has 0 saturated carbocycles. The molecule has 1 aromatic heterocycles. The smallest absolute Gasteiger partial charge is 0.371 e. The second-order valence-electron chi connectivity index (χ2n) is 3.88. The quantitative estimate of drug-likeness (QED) is 0.551. The standard InChI is InChI=1S/C13H17NO5/c1-3-4-7-18-9(2)12(15)14-8-10-5-6-11(19-10)13(16)17/h3,5-6,9H,1,4,7-8H2,2H3,(H,14,15)(H,16,17). The van der Waals surface area contributed by atoms with E-state index in [4.69, 9.17) is 14.3 Å². The SMILES string of the molecule is C=CCCOC(C)C(=O)NCc1ccc(C(=O)O)o1. The van der Waals surface area contributed by atoms with Gasteiger partial charge in [-0.3, -0.25) is 4.79 Å². The van der Waals surface area contributed by atoms with Gasteiger partial charge in [-0.2, -0.15) is 0 Å². The number of hydrogen-bond donors (Lipinski definition) is 2. The molecule has 0 radical (unpaired) electrons. The average molecular weight is 267 g/mol. The third-order valence-corrected chi connectivity index (χ3v) is 2.37. The Kier molecular flexibility index (Phi) is 5.81. The molecule has 1 aromatic rings. The first-order chi connectivity index (χ1) is 9.04.